The van der Waals surface area contributed by atoms with Crippen LogP contribution in [-0.4, -0.2) is 29.9 Å². The number of likely N-dealkylation sites (tertiary alicyclic amines) is 1. The molecule has 1 aliphatic heterocycles. The van der Waals surface area contributed by atoms with Crippen LogP contribution in [0.1, 0.15) is 37.7 Å². The molecule has 120 valence electrons. The largest absolute Gasteiger partial charge is 0.342 e. The Kier molecular flexibility index (Phi) is 4.17. The number of piperidine rings is 1. The van der Waals surface area contributed by atoms with Gasteiger partial charge in [0.25, 0.3) is 0 Å². The van der Waals surface area contributed by atoms with Crippen molar-refractivity contribution in [2.45, 2.75) is 38.1 Å². The summed E-state index contributed by atoms with van der Waals surface area (Å²) >= 11 is 0. The molecule has 22 heavy (non-hydrogen) atoms. The molecule has 3 rings (SSSR count). The number of amides is 1. The molecule has 4 atom stereocenters. The SMILES string of the molecule is CC(N)C1CCCN(C(=O)C2CC2c2ccc(F)cc2F)C1. The van der Waals surface area contributed by atoms with Crippen LogP contribution in [0.4, 0.5) is 8.78 Å². The van der Waals surface area contributed by atoms with Crippen LogP contribution in [0.2, 0.25) is 0 Å². The minimum atomic E-state index is -0.583. The van der Waals surface area contributed by atoms with Crippen LogP contribution in [0.3, 0.4) is 0 Å². The number of halogens is 2. The molecule has 0 spiro atoms. The number of carbonyl (C=O) groups is 1. The monoisotopic (exact) mass is 308 g/mol. The summed E-state index contributed by atoms with van der Waals surface area (Å²) < 4.78 is 26.8. The van der Waals surface area contributed by atoms with E-state index in [1.807, 2.05) is 11.8 Å². The lowest BCUT2D eigenvalue weighted by Crippen LogP contribution is -2.45. The first-order valence-corrected chi connectivity index (χ1v) is 7.96. The lowest BCUT2D eigenvalue weighted by molar-refractivity contribution is -0.134. The van der Waals surface area contributed by atoms with Gasteiger partial charge in [0, 0.05) is 31.1 Å². The maximum Gasteiger partial charge on any atom is 0.226 e. The van der Waals surface area contributed by atoms with Crippen LogP contribution in [0, 0.1) is 23.5 Å². The van der Waals surface area contributed by atoms with E-state index in [9.17, 15) is 13.6 Å². The van der Waals surface area contributed by atoms with E-state index < -0.39 is 11.6 Å². The molecule has 1 amide bonds. The first-order valence-electron chi connectivity index (χ1n) is 7.96. The lowest BCUT2D eigenvalue weighted by Gasteiger charge is -2.34. The molecule has 0 aromatic heterocycles. The van der Waals surface area contributed by atoms with Crippen molar-refractivity contribution in [2.75, 3.05) is 13.1 Å². The van der Waals surface area contributed by atoms with Gasteiger partial charge in [0.05, 0.1) is 0 Å². The summed E-state index contributed by atoms with van der Waals surface area (Å²) in [6, 6.07) is 3.69. The van der Waals surface area contributed by atoms with Crippen molar-refractivity contribution >= 4 is 5.91 Å². The first-order chi connectivity index (χ1) is 10.5. The van der Waals surface area contributed by atoms with Crippen molar-refractivity contribution in [3.63, 3.8) is 0 Å². The third-order valence-electron chi connectivity index (χ3n) is 4.98. The summed E-state index contributed by atoms with van der Waals surface area (Å²) in [7, 11) is 0. The van der Waals surface area contributed by atoms with Crippen molar-refractivity contribution in [1.29, 1.82) is 0 Å². The van der Waals surface area contributed by atoms with E-state index in [0.717, 1.165) is 25.5 Å². The van der Waals surface area contributed by atoms with Crippen molar-refractivity contribution in [3.05, 3.63) is 35.4 Å². The summed E-state index contributed by atoms with van der Waals surface area (Å²) in [4.78, 5) is 14.5. The molecular weight excluding hydrogens is 286 g/mol. The first kappa shape index (κ1) is 15.4. The average molecular weight is 308 g/mol. The maximum absolute atomic E-state index is 13.8. The fourth-order valence-electron chi connectivity index (χ4n) is 3.49. The van der Waals surface area contributed by atoms with Crippen LogP contribution >= 0.6 is 0 Å². The van der Waals surface area contributed by atoms with Gasteiger partial charge in [0.15, 0.2) is 0 Å². The fraction of sp³-hybridized carbons (Fsp3) is 0.588. The molecule has 0 radical (unpaired) electrons. The van der Waals surface area contributed by atoms with E-state index in [-0.39, 0.29) is 23.8 Å². The van der Waals surface area contributed by atoms with Gasteiger partial charge < -0.3 is 10.6 Å². The molecule has 5 heteroatoms. The zero-order valence-corrected chi connectivity index (χ0v) is 12.8. The summed E-state index contributed by atoms with van der Waals surface area (Å²) in [5.74, 6) is -0.958. The number of hydrogen-bond donors (Lipinski definition) is 1. The Balaban J connectivity index is 1.65. The van der Waals surface area contributed by atoms with E-state index in [4.69, 9.17) is 5.73 Å². The molecule has 1 aliphatic carbocycles. The van der Waals surface area contributed by atoms with Gasteiger partial charge >= 0.3 is 0 Å². The second-order valence-corrected chi connectivity index (χ2v) is 6.66. The second-order valence-electron chi connectivity index (χ2n) is 6.66. The zero-order valence-electron chi connectivity index (χ0n) is 12.8. The molecule has 1 aromatic rings. The molecule has 2 fully saturated rings. The molecule has 1 saturated heterocycles. The molecule has 4 unspecified atom stereocenters. The van der Waals surface area contributed by atoms with Gasteiger partial charge in [-0.3, -0.25) is 4.79 Å². The van der Waals surface area contributed by atoms with E-state index in [0.29, 0.717) is 24.4 Å². The van der Waals surface area contributed by atoms with Gasteiger partial charge in [0.1, 0.15) is 11.6 Å². The topological polar surface area (TPSA) is 46.3 Å². The van der Waals surface area contributed by atoms with Crippen LogP contribution in [0.5, 0.6) is 0 Å². The molecule has 2 aliphatic rings. The molecule has 2 N–H and O–H groups in total. The second kappa shape index (κ2) is 5.95. The Bertz CT molecular complexity index is 576. The third-order valence-corrected chi connectivity index (χ3v) is 4.98. The van der Waals surface area contributed by atoms with Crippen LogP contribution in [0.15, 0.2) is 18.2 Å². The predicted molar refractivity (Wildman–Crippen MR) is 80.2 cm³/mol. The minimum Gasteiger partial charge on any atom is -0.342 e. The predicted octanol–water partition coefficient (Wildman–Crippen LogP) is 2.65. The Hall–Kier alpha value is -1.49. The van der Waals surface area contributed by atoms with E-state index in [1.54, 1.807) is 0 Å². The number of hydrogen-bond acceptors (Lipinski definition) is 2. The van der Waals surface area contributed by atoms with Gasteiger partial charge in [-0.25, -0.2) is 8.78 Å². The maximum atomic E-state index is 13.8. The van der Waals surface area contributed by atoms with Crippen molar-refractivity contribution < 1.29 is 13.6 Å². The Morgan fingerprint density at radius 2 is 2.18 bits per heavy atom. The van der Waals surface area contributed by atoms with Gasteiger partial charge in [-0.15, -0.1) is 0 Å². The number of nitrogens with two attached hydrogens (primary N) is 1. The van der Waals surface area contributed by atoms with Crippen molar-refractivity contribution in [2.24, 2.45) is 17.6 Å². The molecule has 0 bridgehead atoms. The summed E-state index contributed by atoms with van der Waals surface area (Å²) in [6.45, 7) is 3.44. The number of benzene rings is 1. The molecular formula is C17H22F2N2O. The Morgan fingerprint density at radius 3 is 2.86 bits per heavy atom. The third kappa shape index (κ3) is 3.00. The highest BCUT2D eigenvalue weighted by Crippen LogP contribution is 2.49. The molecule has 1 heterocycles. The van der Waals surface area contributed by atoms with E-state index in [1.165, 1.54) is 12.1 Å². The highest BCUT2D eigenvalue weighted by atomic mass is 19.1. The summed E-state index contributed by atoms with van der Waals surface area (Å²) in [6.07, 6.45) is 2.68. The lowest BCUT2D eigenvalue weighted by atomic mass is 9.92. The Labute approximate surface area is 129 Å². The van der Waals surface area contributed by atoms with Gasteiger partial charge in [-0.05, 0) is 49.7 Å². The molecule has 1 aromatic carbocycles. The highest BCUT2D eigenvalue weighted by molar-refractivity contribution is 5.83. The fourth-order valence-corrected chi connectivity index (χ4v) is 3.49. The van der Waals surface area contributed by atoms with Crippen LogP contribution in [0.25, 0.3) is 0 Å². The molecule has 1 saturated carbocycles. The normalized spacial score (nSPS) is 29.3. The van der Waals surface area contributed by atoms with Gasteiger partial charge in [-0.1, -0.05) is 6.07 Å². The Morgan fingerprint density at radius 1 is 1.41 bits per heavy atom. The van der Waals surface area contributed by atoms with Crippen molar-refractivity contribution in [1.82, 2.24) is 4.90 Å². The smallest absolute Gasteiger partial charge is 0.226 e. The van der Waals surface area contributed by atoms with Crippen molar-refractivity contribution in [3.8, 4) is 0 Å². The minimum absolute atomic E-state index is 0.0835. The molecule has 3 nitrogen and oxygen atoms in total. The standard InChI is InChI=1S/C17H22F2N2O/c1-10(20)11-3-2-6-21(9-11)17(22)15-8-14(15)13-5-4-12(18)7-16(13)19/h4-5,7,10-11,14-15H,2-3,6,8-9,20H2,1H3. The van der Waals surface area contributed by atoms with E-state index in [2.05, 4.69) is 0 Å². The average Bonchev–Trinajstić information content (AvgIpc) is 3.27. The highest BCUT2D eigenvalue weighted by Gasteiger charge is 2.47. The quantitative estimate of drug-likeness (QED) is 0.933. The van der Waals surface area contributed by atoms with Gasteiger partial charge in [-0.2, -0.15) is 0 Å². The number of nitrogens with zero attached hydrogens (tertiary/aromatic N) is 1. The van der Waals surface area contributed by atoms with Crippen LogP contribution in [-0.2, 0) is 4.79 Å². The summed E-state index contributed by atoms with van der Waals surface area (Å²) in [5.41, 5.74) is 6.41. The van der Waals surface area contributed by atoms with Crippen LogP contribution < -0.4 is 5.73 Å². The van der Waals surface area contributed by atoms with Gasteiger partial charge in [0.2, 0.25) is 5.91 Å². The summed E-state index contributed by atoms with van der Waals surface area (Å²) in [5, 5.41) is 0. The van der Waals surface area contributed by atoms with E-state index >= 15 is 0 Å². The number of carbonyl (C=O) groups excluding carboxylic acids is 1. The zero-order chi connectivity index (χ0) is 15.9. The number of rotatable bonds is 3.